The first-order valence-electron chi connectivity index (χ1n) is 7.10. The number of rotatable bonds is 3. The number of nitrogens with zero attached hydrogens (tertiary/aromatic N) is 3. The van der Waals surface area contributed by atoms with E-state index in [0.717, 1.165) is 31.3 Å². The molecule has 1 aromatic heterocycles. The monoisotopic (exact) mass is 308 g/mol. The number of carbonyl (C=O) groups is 1. The molecule has 1 amide bonds. The summed E-state index contributed by atoms with van der Waals surface area (Å²) in [5.41, 5.74) is 0.0239. The number of amides is 1. The van der Waals surface area contributed by atoms with Gasteiger partial charge >= 0.3 is 11.8 Å². The van der Waals surface area contributed by atoms with E-state index in [0.29, 0.717) is 17.6 Å². The number of aromatic nitrogens is 1. The molecule has 2 fully saturated rings. The van der Waals surface area contributed by atoms with Crippen LogP contribution in [0, 0.1) is 15.3 Å². The van der Waals surface area contributed by atoms with Crippen LogP contribution in [0.25, 0.3) is 0 Å². The summed E-state index contributed by atoms with van der Waals surface area (Å²) >= 11 is 0. The second kappa shape index (κ2) is 5.32. The molecular weight excluding hydrogens is 292 g/mol. The van der Waals surface area contributed by atoms with E-state index >= 15 is 0 Å². The number of hydrogen-bond donors (Lipinski definition) is 2. The maximum atomic E-state index is 11.4. The summed E-state index contributed by atoms with van der Waals surface area (Å²) in [6.45, 7) is 0. The lowest BCUT2D eigenvalue weighted by atomic mass is 9.97. The molecule has 3 rings (SSSR count). The molecule has 2 aliphatic rings. The second-order valence-corrected chi connectivity index (χ2v) is 5.75. The Bertz CT molecular complexity index is 608. The summed E-state index contributed by atoms with van der Waals surface area (Å²) in [6, 6.07) is 0.969. The molecule has 9 nitrogen and oxygen atoms in total. The summed E-state index contributed by atoms with van der Waals surface area (Å²) < 4.78 is 0.510. The van der Waals surface area contributed by atoms with Crippen LogP contribution in [0.15, 0.2) is 18.5 Å². The quantitative estimate of drug-likeness (QED) is 0.375. The molecule has 2 aliphatic heterocycles. The van der Waals surface area contributed by atoms with Gasteiger partial charge in [0.2, 0.25) is 6.20 Å². The number of piperidine rings is 1. The molecule has 0 radical (unpaired) electrons. The summed E-state index contributed by atoms with van der Waals surface area (Å²) in [4.78, 5) is 23.2. The topological polar surface area (TPSA) is 123 Å². The van der Waals surface area contributed by atoms with Gasteiger partial charge in [0.15, 0.2) is 11.9 Å². The Balaban J connectivity index is 1.77. The molecule has 3 heterocycles. The minimum absolute atomic E-state index is 0.0594. The molecule has 2 unspecified atom stereocenters. The Labute approximate surface area is 125 Å². The predicted octanol–water partition coefficient (Wildman–Crippen LogP) is 1.31. The molecule has 0 aliphatic carbocycles. The van der Waals surface area contributed by atoms with E-state index < -0.39 is 11.0 Å². The normalized spacial score (nSPS) is 26.7. The number of anilines is 1. The molecular formula is C13H16N4O5. The zero-order valence-electron chi connectivity index (χ0n) is 11.7. The van der Waals surface area contributed by atoms with Gasteiger partial charge < -0.3 is 20.5 Å². The Kier molecular flexibility index (Phi) is 3.47. The van der Waals surface area contributed by atoms with Gasteiger partial charge in [0.1, 0.15) is 0 Å². The van der Waals surface area contributed by atoms with Gasteiger partial charge in [-0.05, 0) is 25.7 Å². The van der Waals surface area contributed by atoms with E-state index in [4.69, 9.17) is 0 Å². The van der Waals surface area contributed by atoms with Crippen LogP contribution < -0.4 is 10.0 Å². The van der Waals surface area contributed by atoms with Crippen molar-refractivity contribution >= 4 is 17.5 Å². The predicted molar refractivity (Wildman–Crippen MR) is 75.4 cm³/mol. The minimum Gasteiger partial charge on any atom is -0.619 e. The maximum Gasteiger partial charge on any atom is 0.407 e. The fraction of sp³-hybridized carbons (Fsp3) is 0.538. The maximum absolute atomic E-state index is 11.4. The minimum atomic E-state index is -0.908. The van der Waals surface area contributed by atoms with Crippen LogP contribution >= 0.6 is 0 Å². The Morgan fingerprint density at radius 2 is 2.05 bits per heavy atom. The lowest BCUT2D eigenvalue weighted by molar-refractivity contribution is -0.605. The number of pyridine rings is 1. The Hall–Kier alpha value is -2.58. The third-order valence-electron chi connectivity index (χ3n) is 4.42. The molecule has 0 aromatic carbocycles. The van der Waals surface area contributed by atoms with Gasteiger partial charge in [0.25, 0.3) is 0 Å². The highest BCUT2D eigenvalue weighted by atomic mass is 16.6. The van der Waals surface area contributed by atoms with Crippen molar-refractivity contribution in [2.45, 2.75) is 43.8 Å². The van der Waals surface area contributed by atoms with E-state index in [-0.39, 0.29) is 29.5 Å². The zero-order valence-corrected chi connectivity index (χ0v) is 11.7. The number of carboxylic acid groups (broad SMARTS) is 1. The molecule has 22 heavy (non-hydrogen) atoms. The van der Waals surface area contributed by atoms with Gasteiger partial charge in [-0.3, -0.25) is 10.1 Å². The Morgan fingerprint density at radius 1 is 1.41 bits per heavy atom. The molecule has 0 saturated carbocycles. The van der Waals surface area contributed by atoms with Crippen molar-refractivity contribution in [1.29, 1.82) is 0 Å². The van der Waals surface area contributed by atoms with Crippen molar-refractivity contribution in [2.24, 2.45) is 0 Å². The highest BCUT2D eigenvalue weighted by Crippen LogP contribution is 2.37. The fourth-order valence-corrected chi connectivity index (χ4v) is 3.57. The SMILES string of the molecule is O=C(O)N1C2CCC1CC(Nc1c[n+]([O-])ccc1[N+](=O)[O-])C2. The van der Waals surface area contributed by atoms with Crippen LogP contribution in [0.4, 0.5) is 16.2 Å². The standard InChI is InChI=1S/C13H16N4O5/c18-13(19)16-9-1-2-10(16)6-8(5-9)14-11-7-15(20)4-3-12(11)17(21)22/h3-4,7-10,14H,1-2,5-6H2,(H,18,19). The molecule has 118 valence electrons. The molecule has 0 spiro atoms. The van der Waals surface area contributed by atoms with Gasteiger partial charge in [-0.15, -0.1) is 0 Å². The number of fused-ring (bicyclic) bond motifs is 2. The summed E-state index contributed by atoms with van der Waals surface area (Å²) in [5, 5.41) is 34.7. The lowest BCUT2D eigenvalue weighted by Gasteiger charge is -2.37. The Morgan fingerprint density at radius 3 is 2.59 bits per heavy atom. The molecule has 2 bridgehead atoms. The molecule has 2 N–H and O–H groups in total. The highest BCUT2D eigenvalue weighted by Gasteiger charge is 2.43. The van der Waals surface area contributed by atoms with Crippen LogP contribution in [-0.4, -0.2) is 39.1 Å². The van der Waals surface area contributed by atoms with Gasteiger partial charge in [0.05, 0.1) is 11.0 Å². The van der Waals surface area contributed by atoms with Crippen molar-refractivity contribution in [2.75, 3.05) is 5.32 Å². The van der Waals surface area contributed by atoms with Gasteiger partial charge in [-0.2, -0.15) is 4.73 Å². The van der Waals surface area contributed by atoms with Crippen molar-refractivity contribution in [1.82, 2.24) is 4.90 Å². The van der Waals surface area contributed by atoms with Gasteiger partial charge in [0, 0.05) is 18.1 Å². The lowest BCUT2D eigenvalue weighted by Crippen LogP contribution is -2.49. The average molecular weight is 308 g/mol. The van der Waals surface area contributed by atoms with Crippen LogP contribution in [0.1, 0.15) is 25.7 Å². The van der Waals surface area contributed by atoms with Gasteiger partial charge in [-0.1, -0.05) is 0 Å². The number of nitrogens with one attached hydrogen (secondary N) is 1. The molecule has 1 aromatic rings. The number of nitro groups is 1. The van der Waals surface area contributed by atoms with Crippen LogP contribution in [0.5, 0.6) is 0 Å². The molecule has 9 heteroatoms. The molecule has 2 saturated heterocycles. The van der Waals surface area contributed by atoms with Crippen LogP contribution in [-0.2, 0) is 0 Å². The van der Waals surface area contributed by atoms with Crippen molar-refractivity contribution in [3.05, 3.63) is 33.8 Å². The van der Waals surface area contributed by atoms with Crippen molar-refractivity contribution < 1.29 is 19.6 Å². The first-order chi connectivity index (χ1) is 10.5. The van der Waals surface area contributed by atoms with E-state index in [1.807, 2.05) is 0 Å². The summed E-state index contributed by atoms with van der Waals surface area (Å²) in [7, 11) is 0. The third-order valence-corrected chi connectivity index (χ3v) is 4.42. The zero-order chi connectivity index (χ0) is 15.9. The van der Waals surface area contributed by atoms with Crippen molar-refractivity contribution in [3.8, 4) is 0 Å². The summed E-state index contributed by atoms with van der Waals surface area (Å²) in [5.74, 6) is 0. The van der Waals surface area contributed by atoms with E-state index in [1.165, 1.54) is 4.90 Å². The van der Waals surface area contributed by atoms with Crippen molar-refractivity contribution in [3.63, 3.8) is 0 Å². The first-order valence-corrected chi connectivity index (χ1v) is 7.10. The van der Waals surface area contributed by atoms with Crippen LogP contribution in [0.2, 0.25) is 0 Å². The smallest absolute Gasteiger partial charge is 0.407 e. The van der Waals surface area contributed by atoms with E-state index in [1.54, 1.807) is 0 Å². The van der Waals surface area contributed by atoms with Gasteiger partial charge in [-0.25, -0.2) is 4.79 Å². The second-order valence-electron chi connectivity index (χ2n) is 5.75. The fourth-order valence-electron chi connectivity index (χ4n) is 3.57. The summed E-state index contributed by atoms with van der Waals surface area (Å²) in [6.07, 6.45) is 4.13. The first kappa shape index (κ1) is 14.4. The average Bonchev–Trinajstić information content (AvgIpc) is 2.71. The number of hydrogen-bond acceptors (Lipinski definition) is 5. The van der Waals surface area contributed by atoms with E-state index in [9.17, 15) is 25.2 Å². The largest absolute Gasteiger partial charge is 0.619 e. The molecule has 2 atom stereocenters. The highest BCUT2D eigenvalue weighted by molar-refractivity contribution is 5.67. The third kappa shape index (κ3) is 2.49. The van der Waals surface area contributed by atoms with Crippen LogP contribution in [0.3, 0.4) is 0 Å². The van der Waals surface area contributed by atoms with E-state index in [2.05, 4.69) is 5.32 Å².